The number of hydrogen-bond acceptors (Lipinski definition) is 3. The first-order chi connectivity index (χ1) is 3.77. The summed E-state index contributed by atoms with van der Waals surface area (Å²) in [5.41, 5.74) is 10.9. The minimum atomic E-state index is -0.0747. The average Bonchev–Trinajstić information content (AvgIpc) is 1.64. The van der Waals surface area contributed by atoms with Crippen molar-refractivity contribution in [2.75, 3.05) is 19.8 Å². The Hall–Kier alpha value is -0.120. The van der Waals surface area contributed by atoms with Crippen LogP contribution in [0, 0.1) is 0 Å². The Morgan fingerprint density at radius 1 is 1.50 bits per heavy atom. The van der Waals surface area contributed by atoms with Gasteiger partial charge in [-0.1, -0.05) is 0 Å². The first-order valence-corrected chi connectivity index (χ1v) is 2.83. The highest BCUT2D eigenvalue weighted by Gasteiger charge is 2.32. The molecule has 1 aliphatic rings. The SMILES string of the molecule is NCCC1(N)COC1. The summed E-state index contributed by atoms with van der Waals surface area (Å²) in [6, 6.07) is 0. The van der Waals surface area contributed by atoms with Gasteiger partial charge in [-0.3, -0.25) is 0 Å². The van der Waals surface area contributed by atoms with E-state index < -0.39 is 0 Å². The second-order valence-corrected chi connectivity index (χ2v) is 2.39. The molecule has 0 saturated carbocycles. The van der Waals surface area contributed by atoms with Crippen LogP contribution in [0.3, 0.4) is 0 Å². The molecule has 1 rings (SSSR count). The Labute approximate surface area is 49.0 Å². The molecule has 1 aliphatic heterocycles. The first kappa shape index (κ1) is 6.01. The van der Waals surface area contributed by atoms with E-state index in [4.69, 9.17) is 16.2 Å². The molecule has 0 bridgehead atoms. The molecule has 0 aromatic heterocycles. The molecule has 0 aromatic rings. The Morgan fingerprint density at radius 2 is 2.12 bits per heavy atom. The van der Waals surface area contributed by atoms with Crippen LogP contribution in [0.15, 0.2) is 0 Å². The quantitative estimate of drug-likeness (QED) is 0.489. The number of ether oxygens (including phenoxy) is 1. The van der Waals surface area contributed by atoms with Crippen molar-refractivity contribution in [3.63, 3.8) is 0 Å². The van der Waals surface area contributed by atoms with Gasteiger partial charge in [-0.2, -0.15) is 0 Å². The van der Waals surface area contributed by atoms with E-state index in [1.165, 1.54) is 0 Å². The van der Waals surface area contributed by atoms with Gasteiger partial charge in [0.25, 0.3) is 0 Å². The molecule has 48 valence electrons. The highest BCUT2D eigenvalue weighted by molar-refractivity contribution is 4.90. The number of rotatable bonds is 2. The fourth-order valence-electron chi connectivity index (χ4n) is 0.796. The average molecular weight is 116 g/mol. The summed E-state index contributed by atoms with van der Waals surface area (Å²) in [7, 11) is 0. The van der Waals surface area contributed by atoms with Gasteiger partial charge >= 0.3 is 0 Å². The second-order valence-electron chi connectivity index (χ2n) is 2.39. The Bertz CT molecular complexity index is 80.5. The molecule has 4 N–H and O–H groups in total. The van der Waals surface area contributed by atoms with Crippen molar-refractivity contribution in [2.24, 2.45) is 11.5 Å². The van der Waals surface area contributed by atoms with Gasteiger partial charge < -0.3 is 16.2 Å². The molecule has 1 fully saturated rings. The maximum absolute atomic E-state index is 5.71. The van der Waals surface area contributed by atoms with E-state index in [9.17, 15) is 0 Å². The smallest absolute Gasteiger partial charge is 0.0670 e. The van der Waals surface area contributed by atoms with Gasteiger partial charge in [0, 0.05) is 0 Å². The molecule has 3 heteroatoms. The third-order valence-corrected chi connectivity index (χ3v) is 1.42. The van der Waals surface area contributed by atoms with Gasteiger partial charge in [0.1, 0.15) is 0 Å². The topological polar surface area (TPSA) is 61.3 Å². The van der Waals surface area contributed by atoms with Gasteiger partial charge in [0.2, 0.25) is 0 Å². The van der Waals surface area contributed by atoms with Crippen LogP contribution >= 0.6 is 0 Å². The van der Waals surface area contributed by atoms with E-state index in [0.29, 0.717) is 19.8 Å². The van der Waals surface area contributed by atoms with E-state index in [1.54, 1.807) is 0 Å². The minimum absolute atomic E-state index is 0.0747. The van der Waals surface area contributed by atoms with Crippen molar-refractivity contribution in [3.05, 3.63) is 0 Å². The molecule has 8 heavy (non-hydrogen) atoms. The van der Waals surface area contributed by atoms with Gasteiger partial charge in [-0.25, -0.2) is 0 Å². The van der Waals surface area contributed by atoms with E-state index in [1.807, 2.05) is 0 Å². The summed E-state index contributed by atoms with van der Waals surface area (Å²) in [5, 5.41) is 0. The van der Waals surface area contributed by atoms with Crippen molar-refractivity contribution in [1.82, 2.24) is 0 Å². The molecular formula is C5H12N2O. The minimum Gasteiger partial charge on any atom is -0.377 e. The summed E-state index contributed by atoms with van der Waals surface area (Å²) < 4.78 is 4.91. The van der Waals surface area contributed by atoms with Gasteiger partial charge in [0.15, 0.2) is 0 Å². The normalized spacial score (nSPS) is 24.8. The van der Waals surface area contributed by atoms with Crippen LogP contribution in [0.2, 0.25) is 0 Å². The molecule has 0 radical (unpaired) electrons. The third kappa shape index (κ3) is 0.992. The van der Waals surface area contributed by atoms with Crippen molar-refractivity contribution in [2.45, 2.75) is 12.0 Å². The summed E-state index contributed by atoms with van der Waals surface area (Å²) in [6.45, 7) is 2.04. The Morgan fingerprint density at radius 3 is 2.25 bits per heavy atom. The molecule has 0 amide bonds. The molecule has 1 heterocycles. The van der Waals surface area contributed by atoms with Crippen LogP contribution < -0.4 is 11.5 Å². The van der Waals surface area contributed by atoms with Gasteiger partial charge in [0.05, 0.1) is 18.8 Å². The third-order valence-electron chi connectivity index (χ3n) is 1.42. The monoisotopic (exact) mass is 116 g/mol. The molecule has 0 aliphatic carbocycles. The first-order valence-electron chi connectivity index (χ1n) is 2.83. The van der Waals surface area contributed by atoms with Crippen LogP contribution in [-0.2, 0) is 4.74 Å². The molecule has 0 aromatic carbocycles. The van der Waals surface area contributed by atoms with Crippen molar-refractivity contribution >= 4 is 0 Å². The van der Waals surface area contributed by atoms with Crippen molar-refractivity contribution in [1.29, 1.82) is 0 Å². The second kappa shape index (κ2) is 2.01. The van der Waals surface area contributed by atoms with Gasteiger partial charge in [-0.15, -0.1) is 0 Å². The lowest BCUT2D eigenvalue weighted by Gasteiger charge is -2.37. The molecule has 0 atom stereocenters. The predicted molar refractivity (Wildman–Crippen MR) is 31.4 cm³/mol. The van der Waals surface area contributed by atoms with Crippen LogP contribution in [0.1, 0.15) is 6.42 Å². The molecular weight excluding hydrogens is 104 g/mol. The number of hydrogen-bond donors (Lipinski definition) is 2. The lowest BCUT2D eigenvalue weighted by molar-refractivity contribution is -0.0559. The van der Waals surface area contributed by atoms with E-state index in [2.05, 4.69) is 0 Å². The number of nitrogens with two attached hydrogens (primary N) is 2. The zero-order chi connectivity index (χ0) is 6.04. The predicted octanol–water partition coefficient (Wildman–Crippen LogP) is -0.937. The molecule has 3 nitrogen and oxygen atoms in total. The van der Waals surface area contributed by atoms with Crippen LogP contribution in [-0.4, -0.2) is 25.3 Å². The van der Waals surface area contributed by atoms with Gasteiger partial charge in [-0.05, 0) is 13.0 Å². The largest absolute Gasteiger partial charge is 0.377 e. The molecule has 1 saturated heterocycles. The Balaban J connectivity index is 2.20. The maximum atomic E-state index is 5.71. The van der Waals surface area contributed by atoms with Crippen LogP contribution in [0.4, 0.5) is 0 Å². The summed E-state index contributed by atoms with van der Waals surface area (Å²) in [5.74, 6) is 0. The van der Waals surface area contributed by atoms with Crippen molar-refractivity contribution < 1.29 is 4.74 Å². The van der Waals surface area contributed by atoms with E-state index in [0.717, 1.165) is 6.42 Å². The fraction of sp³-hybridized carbons (Fsp3) is 1.00. The maximum Gasteiger partial charge on any atom is 0.0670 e. The van der Waals surface area contributed by atoms with Crippen LogP contribution in [0.25, 0.3) is 0 Å². The Kier molecular flexibility index (Phi) is 1.51. The van der Waals surface area contributed by atoms with E-state index in [-0.39, 0.29) is 5.54 Å². The lowest BCUT2D eigenvalue weighted by Crippen LogP contribution is -2.58. The summed E-state index contributed by atoms with van der Waals surface area (Å²) >= 11 is 0. The highest BCUT2D eigenvalue weighted by Crippen LogP contribution is 2.15. The highest BCUT2D eigenvalue weighted by atomic mass is 16.5. The molecule has 0 unspecified atom stereocenters. The lowest BCUT2D eigenvalue weighted by atomic mass is 9.95. The standard InChI is InChI=1S/C5H12N2O/c6-2-1-5(7)3-8-4-5/h1-4,6-7H2. The van der Waals surface area contributed by atoms with E-state index >= 15 is 0 Å². The summed E-state index contributed by atoms with van der Waals surface area (Å²) in [6.07, 6.45) is 0.882. The molecule has 0 spiro atoms. The van der Waals surface area contributed by atoms with Crippen LogP contribution in [0.5, 0.6) is 0 Å². The van der Waals surface area contributed by atoms with Crippen molar-refractivity contribution in [3.8, 4) is 0 Å². The zero-order valence-electron chi connectivity index (χ0n) is 4.89. The zero-order valence-corrected chi connectivity index (χ0v) is 4.89. The summed E-state index contributed by atoms with van der Waals surface area (Å²) in [4.78, 5) is 0. The fourth-order valence-corrected chi connectivity index (χ4v) is 0.796.